The first-order valence-corrected chi connectivity index (χ1v) is 8.67. The van der Waals surface area contributed by atoms with Crippen molar-refractivity contribution in [1.29, 1.82) is 0 Å². The monoisotopic (exact) mass is 396 g/mol. The molecule has 142 valence electrons. The number of pyridine rings is 1. The molecular weight excluding hydrogens is 380 g/mol. The zero-order chi connectivity index (χ0) is 20.1. The number of halogens is 1. The van der Waals surface area contributed by atoms with E-state index in [0.717, 1.165) is 0 Å². The number of carbonyl (C=O) groups excluding carboxylic acids is 2. The van der Waals surface area contributed by atoms with Gasteiger partial charge in [-0.15, -0.1) is 0 Å². The highest BCUT2D eigenvalue weighted by Crippen LogP contribution is 2.31. The summed E-state index contributed by atoms with van der Waals surface area (Å²) in [4.78, 5) is 28.9. The molecule has 3 rings (SSSR count). The number of benzene rings is 2. The molecular formula is C20H17ClN4O3. The summed E-state index contributed by atoms with van der Waals surface area (Å²) in [6, 6.07) is 18.7. The Labute approximate surface area is 166 Å². The van der Waals surface area contributed by atoms with E-state index >= 15 is 0 Å². The molecule has 0 saturated heterocycles. The second-order valence-corrected chi connectivity index (χ2v) is 6.17. The highest BCUT2D eigenvalue weighted by molar-refractivity contribution is 6.31. The lowest BCUT2D eigenvalue weighted by Gasteiger charge is -2.20. The summed E-state index contributed by atoms with van der Waals surface area (Å²) >= 11 is 6.27. The SMILES string of the molecule is NC(=O)OCc1c(Cl)cccc1-c1cccc(N(C(N)=O)c2ccccc2)n1. The van der Waals surface area contributed by atoms with Crippen LogP contribution in [0.4, 0.5) is 21.1 Å². The number of para-hydroxylation sites is 1. The molecule has 1 heterocycles. The van der Waals surface area contributed by atoms with E-state index in [1.165, 1.54) is 4.90 Å². The molecule has 0 spiro atoms. The quantitative estimate of drug-likeness (QED) is 0.672. The number of rotatable bonds is 5. The Balaban J connectivity index is 2.06. The second-order valence-electron chi connectivity index (χ2n) is 5.76. The van der Waals surface area contributed by atoms with Crippen molar-refractivity contribution >= 4 is 35.2 Å². The number of primary amides is 2. The number of nitrogens with two attached hydrogens (primary N) is 2. The number of anilines is 2. The summed E-state index contributed by atoms with van der Waals surface area (Å²) in [5.41, 5.74) is 13.0. The summed E-state index contributed by atoms with van der Waals surface area (Å²) in [7, 11) is 0. The van der Waals surface area contributed by atoms with Gasteiger partial charge in [-0.05, 0) is 30.3 Å². The van der Waals surface area contributed by atoms with Crippen LogP contribution in [-0.2, 0) is 11.3 Å². The maximum absolute atomic E-state index is 12.1. The van der Waals surface area contributed by atoms with Gasteiger partial charge in [-0.3, -0.25) is 0 Å². The summed E-state index contributed by atoms with van der Waals surface area (Å²) in [6.07, 6.45) is -0.906. The smallest absolute Gasteiger partial charge is 0.404 e. The van der Waals surface area contributed by atoms with Gasteiger partial charge in [0.1, 0.15) is 12.4 Å². The molecule has 2 aromatic carbocycles. The standard InChI is InChI=1S/C20H17ClN4O3/c21-16-9-4-8-14(15(16)12-28-20(23)27)17-10-5-11-18(24-17)25(19(22)26)13-6-2-1-3-7-13/h1-11H,12H2,(H2,22,26)(H2,23,27). The van der Waals surface area contributed by atoms with Crippen molar-refractivity contribution in [3.05, 3.63) is 77.3 Å². The predicted molar refractivity (Wildman–Crippen MR) is 107 cm³/mol. The van der Waals surface area contributed by atoms with Gasteiger partial charge < -0.3 is 16.2 Å². The van der Waals surface area contributed by atoms with Gasteiger partial charge in [0.05, 0.1) is 11.4 Å². The van der Waals surface area contributed by atoms with Crippen molar-refractivity contribution in [2.24, 2.45) is 11.5 Å². The van der Waals surface area contributed by atoms with E-state index in [2.05, 4.69) is 4.98 Å². The predicted octanol–water partition coefficient (Wildman–Crippen LogP) is 4.21. The van der Waals surface area contributed by atoms with Crippen molar-refractivity contribution < 1.29 is 14.3 Å². The Hall–Kier alpha value is -3.58. The first kappa shape index (κ1) is 19.2. The maximum Gasteiger partial charge on any atom is 0.404 e. The number of nitrogens with zero attached hydrogens (tertiary/aromatic N) is 2. The lowest BCUT2D eigenvalue weighted by Crippen LogP contribution is -2.32. The molecule has 1 aromatic heterocycles. The zero-order valence-corrected chi connectivity index (χ0v) is 15.5. The van der Waals surface area contributed by atoms with Crippen LogP contribution in [0.5, 0.6) is 0 Å². The second kappa shape index (κ2) is 8.41. The number of ether oxygens (including phenoxy) is 1. The van der Waals surface area contributed by atoms with E-state index in [1.54, 1.807) is 60.7 Å². The normalized spacial score (nSPS) is 10.3. The molecule has 8 heteroatoms. The summed E-state index contributed by atoms with van der Waals surface area (Å²) in [5.74, 6) is 0.345. The Morgan fingerprint density at radius 1 is 0.964 bits per heavy atom. The van der Waals surface area contributed by atoms with Gasteiger partial charge in [0.2, 0.25) is 0 Å². The van der Waals surface area contributed by atoms with E-state index in [9.17, 15) is 9.59 Å². The van der Waals surface area contributed by atoms with Crippen LogP contribution in [0.25, 0.3) is 11.3 Å². The van der Waals surface area contributed by atoms with Crippen molar-refractivity contribution in [3.8, 4) is 11.3 Å². The molecule has 4 N–H and O–H groups in total. The molecule has 0 saturated carbocycles. The molecule has 0 aliphatic rings. The van der Waals surface area contributed by atoms with Gasteiger partial charge >= 0.3 is 12.1 Å². The molecule has 3 aromatic rings. The van der Waals surface area contributed by atoms with Crippen LogP contribution >= 0.6 is 11.6 Å². The number of amides is 3. The van der Waals surface area contributed by atoms with E-state index in [-0.39, 0.29) is 6.61 Å². The van der Waals surface area contributed by atoms with Crippen LogP contribution in [0, 0.1) is 0 Å². The van der Waals surface area contributed by atoms with Crippen LogP contribution in [-0.4, -0.2) is 17.1 Å². The van der Waals surface area contributed by atoms with Gasteiger partial charge in [-0.2, -0.15) is 0 Å². The number of carbonyl (C=O) groups is 2. The fraction of sp³-hybridized carbons (Fsp3) is 0.0500. The average Bonchev–Trinajstić information content (AvgIpc) is 2.68. The fourth-order valence-corrected chi connectivity index (χ4v) is 2.97. The van der Waals surface area contributed by atoms with Crippen LogP contribution in [0.1, 0.15) is 5.56 Å². The third-order valence-electron chi connectivity index (χ3n) is 3.95. The fourth-order valence-electron chi connectivity index (χ4n) is 2.74. The minimum atomic E-state index is -0.906. The highest BCUT2D eigenvalue weighted by atomic mass is 35.5. The molecule has 7 nitrogen and oxygen atoms in total. The third kappa shape index (κ3) is 4.21. The molecule has 0 aliphatic heterocycles. The molecule has 0 bridgehead atoms. The Kier molecular flexibility index (Phi) is 5.76. The minimum absolute atomic E-state index is 0.103. The molecule has 0 atom stereocenters. The lowest BCUT2D eigenvalue weighted by atomic mass is 10.0. The van der Waals surface area contributed by atoms with E-state index < -0.39 is 12.1 Å². The van der Waals surface area contributed by atoms with Crippen molar-refractivity contribution in [2.75, 3.05) is 4.90 Å². The van der Waals surface area contributed by atoms with Crippen LogP contribution < -0.4 is 16.4 Å². The van der Waals surface area contributed by atoms with Gasteiger partial charge in [0.15, 0.2) is 0 Å². The van der Waals surface area contributed by atoms with Crippen LogP contribution in [0.15, 0.2) is 66.7 Å². The summed E-state index contributed by atoms with van der Waals surface area (Å²) < 4.78 is 4.90. The maximum atomic E-state index is 12.1. The summed E-state index contributed by atoms with van der Waals surface area (Å²) in [6.45, 7) is -0.103. The molecule has 0 unspecified atom stereocenters. The van der Waals surface area contributed by atoms with Crippen molar-refractivity contribution in [2.45, 2.75) is 6.61 Å². The molecule has 28 heavy (non-hydrogen) atoms. The van der Waals surface area contributed by atoms with E-state index in [0.29, 0.717) is 33.3 Å². The van der Waals surface area contributed by atoms with Crippen LogP contribution in [0.2, 0.25) is 5.02 Å². The Bertz CT molecular complexity index is 1010. The first-order valence-electron chi connectivity index (χ1n) is 8.29. The molecule has 3 amide bonds. The largest absolute Gasteiger partial charge is 0.445 e. The topological polar surface area (TPSA) is 112 Å². The van der Waals surface area contributed by atoms with E-state index in [4.69, 9.17) is 27.8 Å². The number of urea groups is 1. The number of aromatic nitrogens is 1. The molecule has 0 fully saturated rings. The molecule has 0 radical (unpaired) electrons. The summed E-state index contributed by atoms with van der Waals surface area (Å²) in [5, 5.41) is 0.403. The highest BCUT2D eigenvalue weighted by Gasteiger charge is 2.18. The van der Waals surface area contributed by atoms with Gasteiger partial charge in [0.25, 0.3) is 0 Å². The minimum Gasteiger partial charge on any atom is -0.445 e. The van der Waals surface area contributed by atoms with Gasteiger partial charge in [-0.1, -0.05) is 48.0 Å². The Morgan fingerprint density at radius 3 is 2.36 bits per heavy atom. The number of hydrogen-bond acceptors (Lipinski definition) is 4. The van der Waals surface area contributed by atoms with Crippen LogP contribution in [0.3, 0.4) is 0 Å². The number of hydrogen-bond donors (Lipinski definition) is 2. The molecule has 0 aliphatic carbocycles. The lowest BCUT2D eigenvalue weighted by molar-refractivity contribution is 0.150. The van der Waals surface area contributed by atoms with E-state index in [1.807, 2.05) is 6.07 Å². The third-order valence-corrected chi connectivity index (χ3v) is 4.31. The zero-order valence-electron chi connectivity index (χ0n) is 14.7. The van der Waals surface area contributed by atoms with Gasteiger partial charge in [0, 0.05) is 16.1 Å². The van der Waals surface area contributed by atoms with Gasteiger partial charge in [-0.25, -0.2) is 19.5 Å². The first-order chi connectivity index (χ1) is 13.5. The Morgan fingerprint density at radius 2 is 1.68 bits per heavy atom. The van der Waals surface area contributed by atoms with Crippen molar-refractivity contribution in [1.82, 2.24) is 4.98 Å². The van der Waals surface area contributed by atoms with Crippen molar-refractivity contribution in [3.63, 3.8) is 0 Å². The average molecular weight is 397 g/mol.